The summed E-state index contributed by atoms with van der Waals surface area (Å²) in [5.74, 6) is 0.723. The average molecular weight is 473 g/mol. The Kier molecular flexibility index (Phi) is 7.94. The van der Waals surface area contributed by atoms with Gasteiger partial charge in [0.15, 0.2) is 0 Å². The van der Waals surface area contributed by atoms with Gasteiger partial charge in [0.25, 0.3) is 0 Å². The van der Waals surface area contributed by atoms with Crippen LogP contribution in [0, 0.1) is 26.7 Å². The van der Waals surface area contributed by atoms with Gasteiger partial charge >= 0.3 is 0 Å². The third-order valence-corrected chi connectivity index (χ3v) is 8.49. The lowest BCUT2D eigenvalue weighted by Gasteiger charge is -2.30. The average Bonchev–Trinajstić information content (AvgIpc) is 3.01. The molecule has 0 bridgehead atoms. The lowest BCUT2D eigenvalue weighted by molar-refractivity contribution is 0.00628. The molecular weight excluding hydrogens is 428 g/mol. The molecule has 5 rings (SSSR count). The zero-order valence-electron chi connectivity index (χ0n) is 22.2. The molecule has 2 heterocycles. The van der Waals surface area contributed by atoms with Crippen molar-refractivity contribution >= 4 is 10.9 Å². The Bertz CT molecular complexity index is 1100. The Morgan fingerprint density at radius 2 is 1.49 bits per heavy atom. The van der Waals surface area contributed by atoms with E-state index in [1.165, 1.54) is 103 Å². The molecule has 0 amide bonds. The maximum atomic E-state index is 6.37. The summed E-state index contributed by atoms with van der Waals surface area (Å²) < 4.78 is 8.99. The minimum absolute atomic E-state index is 0.459. The maximum absolute atomic E-state index is 6.37. The summed E-state index contributed by atoms with van der Waals surface area (Å²) in [5, 5.41) is 1.41. The Labute approximate surface area is 212 Å². The number of ether oxygens (including phenoxy) is 1. The zero-order chi connectivity index (χ0) is 24.2. The number of benzene rings is 2. The fourth-order valence-electron chi connectivity index (χ4n) is 6.36. The van der Waals surface area contributed by atoms with E-state index in [0.717, 1.165) is 25.6 Å². The summed E-state index contributed by atoms with van der Waals surface area (Å²) >= 11 is 0. The number of fused-ring (bicyclic) bond motifs is 1. The molecule has 0 spiro atoms. The molecule has 1 aliphatic heterocycles. The van der Waals surface area contributed by atoms with Crippen LogP contribution in [0.1, 0.15) is 68.1 Å². The summed E-state index contributed by atoms with van der Waals surface area (Å²) in [7, 11) is 0. The van der Waals surface area contributed by atoms with Gasteiger partial charge in [-0.15, -0.1) is 0 Å². The highest BCUT2D eigenvalue weighted by Gasteiger charge is 2.25. The van der Waals surface area contributed by atoms with Crippen LogP contribution in [0.25, 0.3) is 22.2 Å². The number of nitrogens with zero attached hydrogens (tertiary/aromatic N) is 2. The van der Waals surface area contributed by atoms with Gasteiger partial charge in [-0.1, -0.05) is 54.3 Å². The molecule has 1 aliphatic carbocycles. The second kappa shape index (κ2) is 11.3. The normalized spacial score (nSPS) is 21.9. The van der Waals surface area contributed by atoms with Crippen LogP contribution in [0.15, 0.2) is 42.5 Å². The molecule has 1 aromatic heterocycles. The minimum atomic E-state index is 0.459. The van der Waals surface area contributed by atoms with Gasteiger partial charge in [-0.25, -0.2) is 0 Å². The van der Waals surface area contributed by atoms with Gasteiger partial charge in [0, 0.05) is 24.0 Å². The highest BCUT2D eigenvalue weighted by molar-refractivity contribution is 5.92. The highest BCUT2D eigenvalue weighted by atomic mass is 16.5. The van der Waals surface area contributed by atoms with Crippen LogP contribution in [0.3, 0.4) is 0 Å². The monoisotopic (exact) mass is 472 g/mol. The first-order chi connectivity index (χ1) is 17.1. The molecule has 2 aromatic carbocycles. The van der Waals surface area contributed by atoms with Gasteiger partial charge in [0.2, 0.25) is 0 Å². The van der Waals surface area contributed by atoms with Crippen molar-refractivity contribution in [1.82, 2.24) is 9.47 Å². The second-order valence-electron chi connectivity index (χ2n) is 11.2. The predicted octanol–water partition coefficient (Wildman–Crippen LogP) is 7.68. The lowest BCUT2D eigenvalue weighted by Crippen LogP contribution is -2.31. The fourth-order valence-corrected chi connectivity index (χ4v) is 6.36. The zero-order valence-corrected chi connectivity index (χ0v) is 22.2. The summed E-state index contributed by atoms with van der Waals surface area (Å²) in [4.78, 5) is 2.62. The van der Waals surface area contributed by atoms with Crippen molar-refractivity contribution in [2.24, 2.45) is 5.92 Å². The van der Waals surface area contributed by atoms with E-state index in [1.807, 2.05) is 0 Å². The molecule has 1 saturated carbocycles. The summed E-state index contributed by atoms with van der Waals surface area (Å²) in [6.07, 6.45) is 11.0. The van der Waals surface area contributed by atoms with Crippen LogP contribution in [0.2, 0.25) is 0 Å². The van der Waals surface area contributed by atoms with Crippen molar-refractivity contribution in [1.29, 1.82) is 0 Å². The minimum Gasteiger partial charge on any atom is -0.377 e. The van der Waals surface area contributed by atoms with Crippen LogP contribution < -0.4 is 0 Å². The van der Waals surface area contributed by atoms with Crippen LogP contribution in [-0.4, -0.2) is 41.8 Å². The number of rotatable bonds is 7. The smallest absolute Gasteiger partial charge is 0.0597 e. The molecule has 3 aromatic rings. The molecule has 35 heavy (non-hydrogen) atoms. The van der Waals surface area contributed by atoms with Crippen molar-refractivity contribution in [3.05, 3.63) is 59.2 Å². The van der Waals surface area contributed by atoms with E-state index in [9.17, 15) is 0 Å². The molecule has 1 saturated heterocycles. The van der Waals surface area contributed by atoms with E-state index in [0.29, 0.717) is 6.10 Å². The first-order valence-electron chi connectivity index (χ1n) is 14.1. The van der Waals surface area contributed by atoms with Crippen molar-refractivity contribution in [3.8, 4) is 11.3 Å². The van der Waals surface area contributed by atoms with E-state index in [4.69, 9.17) is 4.74 Å². The van der Waals surface area contributed by atoms with E-state index < -0.39 is 0 Å². The third kappa shape index (κ3) is 5.84. The Hall–Kier alpha value is -2.10. The van der Waals surface area contributed by atoms with Crippen LogP contribution >= 0.6 is 0 Å². The molecule has 188 valence electrons. The van der Waals surface area contributed by atoms with Gasteiger partial charge in [-0.05, 0) is 102 Å². The summed E-state index contributed by atoms with van der Waals surface area (Å²) in [5.41, 5.74) is 8.21. The van der Waals surface area contributed by atoms with E-state index in [2.05, 4.69) is 72.7 Å². The Morgan fingerprint density at radius 1 is 0.800 bits per heavy atom. The number of hydrogen-bond donors (Lipinski definition) is 0. The second-order valence-corrected chi connectivity index (χ2v) is 11.2. The summed E-state index contributed by atoms with van der Waals surface area (Å²) in [6.45, 7) is 12.4. The number of aromatic nitrogens is 1. The molecule has 3 heteroatoms. The molecule has 0 N–H and O–H groups in total. The van der Waals surface area contributed by atoms with Gasteiger partial charge < -0.3 is 14.2 Å². The largest absolute Gasteiger partial charge is 0.377 e. The van der Waals surface area contributed by atoms with Crippen molar-refractivity contribution in [3.63, 3.8) is 0 Å². The molecule has 2 aliphatic rings. The highest BCUT2D eigenvalue weighted by Crippen LogP contribution is 2.37. The fraction of sp³-hybridized carbons (Fsp3) is 0.562. The van der Waals surface area contributed by atoms with Crippen molar-refractivity contribution < 1.29 is 4.74 Å². The number of aryl methyl sites for hydroxylation is 3. The number of likely N-dealkylation sites (tertiary alicyclic amines) is 1. The quantitative estimate of drug-likeness (QED) is 0.351. The van der Waals surface area contributed by atoms with Crippen molar-refractivity contribution in [2.45, 2.75) is 84.8 Å². The van der Waals surface area contributed by atoms with Gasteiger partial charge in [0.1, 0.15) is 0 Å². The summed E-state index contributed by atoms with van der Waals surface area (Å²) in [6, 6.07) is 16.1. The van der Waals surface area contributed by atoms with Gasteiger partial charge in [0.05, 0.1) is 18.4 Å². The molecule has 3 nitrogen and oxygen atoms in total. The molecule has 0 radical (unpaired) electrons. The standard InChI is InChI=1S/C32H44N2O/c1-24-8-13-28(14-9-24)32-26(3)30-22-25(2)10-17-31(30)34(32)23-27-11-15-29(16-12-27)35-21-20-33-18-6-4-5-7-19-33/h8-10,13-14,17,22,27,29H,4-7,11-12,15-16,18-21,23H2,1-3H3. The topological polar surface area (TPSA) is 17.4 Å². The Morgan fingerprint density at radius 3 is 2.20 bits per heavy atom. The van der Waals surface area contributed by atoms with Gasteiger partial charge in [-0.2, -0.15) is 0 Å². The third-order valence-electron chi connectivity index (χ3n) is 8.49. The SMILES string of the molecule is Cc1ccc(-c2c(C)c3cc(C)ccc3n2CC2CCC(OCCN3CCCCCC3)CC2)cc1. The van der Waals surface area contributed by atoms with Crippen LogP contribution in [0.5, 0.6) is 0 Å². The first kappa shape index (κ1) is 24.6. The predicted molar refractivity (Wildman–Crippen MR) is 148 cm³/mol. The molecule has 0 unspecified atom stereocenters. The molecular formula is C32H44N2O. The van der Waals surface area contributed by atoms with E-state index >= 15 is 0 Å². The molecule has 0 atom stereocenters. The number of hydrogen-bond acceptors (Lipinski definition) is 2. The maximum Gasteiger partial charge on any atom is 0.0597 e. The lowest BCUT2D eigenvalue weighted by atomic mass is 9.87. The van der Waals surface area contributed by atoms with Crippen molar-refractivity contribution in [2.75, 3.05) is 26.2 Å². The Balaban J connectivity index is 1.24. The van der Waals surface area contributed by atoms with E-state index in [-0.39, 0.29) is 0 Å². The first-order valence-corrected chi connectivity index (χ1v) is 14.1. The van der Waals surface area contributed by atoms with Gasteiger partial charge in [-0.3, -0.25) is 0 Å². The van der Waals surface area contributed by atoms with E-state index in [1.54, 1.807) is 0 Å². The molecule has 2 fully saturated rings. The van der Waals surface area contributed by atoms with Crippen LogP contribution in [0.4, 0.5) is 0 Å². The van der Waals surface area contributed by atoms with Crippen LogP contribution in [-0.2, 0) is 11.3 Å².